The predicted molar refractivity (Wildman–Crippen MR) is 78.8 cm³/mol. The predicted octanol–water partition coefficient (Wildman–Crippen LogP) is 2.23. The van der Waals surface area contributed by atoms with Gasteiger partial charge in [-0.05, 0) is 24.9 Å². The molecular weight excluding hydrogens is 300 g/mol. The van der Waals surface area contributed by atoms with Crippen LogP contribution in [0.4, 0.5) is 0 Å². The Kier molecular flexibility index (Phi) is 4.31. The van der Waals surface area contributed by atoms with E-state index in [1.165, 1.54) is 0 Å². The van der Waals surface area contributed by atoms with E-state index in [2.05, 4.69) is 15.3 Å². The molecule has 8 heteroatoms. The SMILES string of the molecule is Cc1cc(OCC(=O)N2CCC[C@@H]2c2noc(C(C)C)n2)no1. The molecule has 2 aromatic rings. The molecule has 2 aromatic heterocycles. The second-order valence-electron chi connectivity index (χ2n) is 5.96. The van der Waals surface area contributed by atoms with Crippen molar-refractivity contribution in [2.24, 2.45) is 0 Å². The van der Waals surface area contributed by atoms with Gasteiger partial charge in [-0.2, -0.15) is 4.98 Å². The molecule has 1 aliphatic rings. The molecule has 1 fully saturated rings. The Morgan fingerprint density at radius 2 is 2.26 bits per heavy atom. The lowest BCUT2D eigenvalue weighted by Crippen LogP contribution is -2.35. The van der Waals surface area contributed by atoms with Gasteiger partial charge in [-0.3, -0.25) is 4.79 Å². The minimum absolute atomic E-state index is 0.0859. The number of rotatable bonds is 5. The fourth-order valence-electron chi connectivity index (χ4n) is 2.58. The van der Waals surface area contributed by atoms with Crippen molar-refractivity contribution in [3.05, 3.63) is 23.5 Å². The van der Waals surface area contributed by atoms with Gasteiger partial charge in [0, 0.05) is 18.5 Å². The van der Waals surface area contributed by atoms with Gasteiger partial charge in [0.2, 0.25) is 5.89 Å². The van der Waals surface area contributed by atoms with Gasteiger partial charge in [-0.1, -0.05) is 19.0 Å². The van der Waals surface area contributed by atoms with E-state index in [-0.39, 0.29) is 24.5 Å². The van der Waals surface area contributed by atoms with Crippen LogP contribution in [0.25, 0.3) is 0 Å². The number of hydrogen-bond acceptors (Lipinski definition) is 7. The average Bonchev–Trinajstić information content (AvgIpc) is 3.24. The van der Waals surface area contributed by atoms with Crippen LogP contribution in [0.2, 0.25) is 0 Å². The lowest BCUT2D eigenvalue weighted by atomic mass is 10.2. The summed E-state index contributed by atoms with van der Waals surface area (Å²) in [6, 6.07) is 1.49. The van der Waals surface area contributed by atoms with Crippen molar-refractivity contribution in [1.29, 1.82) is 0 Å². The first-order valence-electron chi connectivity index (χ1n) is 7.73. The largest absolute Gasteiger partial charge is 0.465 e. The summed E-state index contributed by atoms with van der Waals surface area (Å²) in [6.07, 6.45) is 1.73. The van der Waals surface area contributed by atoms with Crippen molar-refractivity contribution in [2.45, 2.75) is 45.6 Å². The zero-order valence-corrected chi connectivity index (χ0v) is 13.5. The third-order valence-electron chi connectivity index (χ3n) is 3.77. The van der Waals surface area contributed by atoms with Gasteiger partial charge < -0.3 is 18.7 Å². The minimum atomic E-state index is -0.151. The number of hydrogen-bond donors (Lipinski definition) is 0. The normalized spacial score (nSPS) is 17.9. The van der Waals surface area contributed by atoms with E-state index >= 15 is 0 Å². The van der Waals surface area contributed by atoms with E-state index in [1.54, 1.807) is 17.9 Å². The molecule has 1 amide bonds. The molecule has 124 valence electrons. The summed E-state index contributed by atoms with van der Waals surface area (Å²) >= 11 is 0. The number of likely N-dealkylation sites (tertiary alicyclic amines) is 1. The van der Waals surface area contributed by atoms with Crippen LogP contribution < -0.4 is 4.74 Å². The van der Waals surface area contributed by atoms with Gasteiger partial charge in [0.05, 0.1) is 6.04 Å². The zero-order valence-electron chi connectivity index (χ0n) is 13.5. The van der Waals surface area contributed by atoms with E-state index in [0.717, 1.165) is 12.8 Å². The van der Waals surface area contributed by atoms with E-state index in [1.807, 2.05) is 13.8 Å². The van der Waals surface area contributed by atoms with Gasteiger partial charge in [0.15, 0.2) is 12.4 Å². The van der Waals surface area contributed by atoms with Crippen molar-refractivity contribution < 1.29 is 18.6 Å². The quantitative estimate of drug-likeness (QED) is 0.833. The van der Waals surface area contributed by atoms with E-state index in [4.69, 9.17) is 13.8 Å². The molecule has 1 saturated heterocycles. The number of ether oxygens (including phenoxy) is 1. The minimum Gasteiger partial charge on any atom is -0.465 e. The summed E-state index contributed by atoms with van der Waals surface area (Å²) in [5.74, 6) is 2.16. The zero-order chi connectivity index (χ0) is 16.4. The van der Waals surface area contributed by atoms with Crippen LogP contribution in [0.5, 0.6) is 5.88 Å². The highest BCUT2D eigenvalue weighted by molar-refractivity contribution is 5.78. The van der Waals surface area contributed by atoms with Crippen LogP contribution >= 0.6 is 0 Å². The summed E-state index contributed by atoms with van der Waals surface area (Å²) in [7, 11) is 0. The molecule has 0 radical (unpaired) electrons. The number of aromatic nitrogens is 3. The van der Waals surface area contributed by atoms with Crippen molar-refractivity contribution in [1.82, 2.24) is 20.2 Å². The first-order chi connectivity index (χ1) is 11.0. The molecule has 0 spiro atoms. The molecule has 1 atom stereocenters. The first kappa shape index (κ1) is 15.5. The summed E-state index contributed by atoms with van der Waals surface area (Å²) in [5.41, 5.74) is 0. The Balaban J connectivity index is 1.64. The lowest BCUT2D eigenvalue weighted by molar-refractivity contribution is -0.134. The van der Waals surface area contributed by atoms with Gasteiger partial charge in [0.1, 0.15) is 5.76 Å². The van der Waals surface area contributed by atoms with E-state index in [0.29, 0.717) is 29.9 Å². The Morgan fingerprint density at radius 1 is 1.43 bits per heavy atom. The fourth-order valence-corrected chi connectivity index (χ4v) is 2.58. The molecule has 1 aliphatic heterocycles. The molecule has 0 unspecified atom stereocenters. The maximum atomic E-state index is 12.4. The van der Waals surface area contributed by atoms with Crippen LogP contribution in [-0.4, -0.2) is 39.3 Å². The van der Waals surface area contributed by atoms with E-state index in [9.17, 15) is 4.79 Å². The molecule has 3 heterocycles. The molecule has 0 saturated carbocycles. The maximum Gasteiger partial charge on any atom is 0.261 e. The Bertz CT molecular complexity index is 679. The monoisotopic (exact) mass is 320 g/mol. The van der Waals surface area contributed by atoms with Crippen LogP contribution in [-0.2, 0) is 4.79 Å². The summed E-state index contributed by atoms with van der Waals surface area (Å²) < 4.78 is 15.5. The molecule has 0 bridgehead atoms. The molecule has 8 nitrogen and oxygen atoms in total. The Labute approximate surface area is 133 Å². The summed E-state index contributed by atoms with van der Waals surface area (Å²) in [5, 5.41) is 7.73. The molecule has 0 aromatic carbocycles. The third-order valence-corrected chi connectivity index (χ3v) is 3.77. The van der Waals surface area contributed by atoms with E-state index < -0.39 is 0 Å². The molecule has 3 rings (SSSR count). The molecule has 0 aliphatic carbocycles. The summed E-state index contributed by atoms with van der Waals surface area (Å²) in [4.78, 5) is 18.6. The van der Waals surface area contributed by atoms with Crippen molar-refractivity contribution in [2.75, 3.05) is 13.2 Å². The number of carbonyl (C=O) groups excluding carboxylic acids is 1. The summed E-state index contributed by atoms with van der Waals surface area (Å²) in [6.45, 7) is 6.32. The van der Waals surface area contributed by atoms with Crippen LogP contribution in [0.15, 0.2) is 15.1 Å². The highest BCUT2D eigenvalue weighted by Crippen LogP contribution is 2.31. The Morgan fingerprint density at radius 3 is 2.91 bits per heavy atom. The molecule has 0 N–H and O–H groups in total. The Hall–Kier alpha value is -2.38. The van der Waals surface area contributed by atoms with Crippen LogP contribution in [0, 0.1) is 6.92 Å². The second kappa shape index (κ2) is 6.39. The number of aryl methyl sites for hydroxylation is 1. The van der Waals surface area contributed by atoms with Crippen LogP contribution in [0.1, 0.15) is 56.1 Å². The number of nitrogens with zero attached hydrogens (tertiary/aromatic N) is 4. The highest BCUT2D eigenvalue weighted by atomic mass is 16.5. The van der Waals surface area contributed by atoms with Crippen molar-refractivity contribution >= 4 is 5.91 Å². The number of carbonyl (C=O) groups is 1. The second-order valence-corrected chi connectivity index (χ2v) is 5.96. The van der Waals surface area contributed by atoms with Gasteiger partial charge in [-0.15, -0.1) is 0 Å². The fraction of sp³-hybridized carbons (Fsp3) is 0.600. The number of amides is 1. The average molecular weight is 320 g/mol. The molecular formula is C15H20N4O4. The van der Waals surface area contributed by atoms with Crippen molar-refractivity contribution in [3.8, 4) is 5.88 Å². The first-order valence-corrected chi connectivity index (χ1v) is 7.73. The highest BCUT2D eigenvalue weighted by Gasteiger charge is 2.33. The topological polar surface area (TPSA) is 94.5 Å². The van der Waals surface area contributed by atoms with Gasteiger partial charge in [0.25, 0.3) is 11.8 Å². The van der Waals surface area contributed by atoms with Gasteiger partial charge >= 0.3 is 0 Å². The van der Waals surface area contributed by atoms with Gasteiger partial charge in [-0.25, -0.2) is 0 Å². The lowest BCUT2D eigenvalue weighted by Gasteiger charge is -2.21. The third kappa shape index (κ3) is 3.35. The molecule has 23 heavy (non-hydrogen) atoms. The van der Waals surface area contributed by atoms with Crippen molar-refractivity contribution in [3.63, 3.8) is 0 Å². The standard InChI is InChI=1S/C15H20N4O4/c1-9(2)15-16-14(18-23-15)11-5-4-6-19(11)13(20)8-21-12-7-10(3)22-17-12/h7,9,11H,4-6,8H2,1-3H3/t11-/m1/s1. The maximum absolute atomic E-state index is 12.4. The van der Waals surface area contributed by atoms with Crippen LogP contribution in [0.3, 0.4) is 0 Å². The smallest absolute Gasteiger partial charge is 0.261 e.